The molecule has 2 aromatic carbocycles. The van der Waals surface area contributed by atoms with Gasteiger partial charge in [0, 0.05) is 24.2 Å². The van der Waals surface area contributed by atoms with Gasteiger partial charge in [-0.3, -0.25) is 4.79 Å². The highest BCUT2D eigenvalue weighted by Gasteiger charge is 2.17. The van der Waals surface area contributed by atoms with Crippen molar-refractivity contribution < 1.29 is 9.21 Å². The van der Waals surface area contributed by atoms with E-state index in [4.69, 9.17) is 4.42 Å². The monoisotopic (exact) mass is 381 g/mol. The molecule has 140 valence electrons. The van der Waals surface area contributed by atoms with Gasteiger partial charge in [-0.25, -0.2) is 4.98 Å². The summed E-state index contributed by atoms with van der Waals surface area (Å²) < 4.78 is 6.01. The van der Waals surface area contributed by atoms with Crippen LogP contribution in [0, 0.1) is 0 Å². The van der Waals surface area contributed by atoms with Crippen molar-refractivity contribution >= 4 is 17.7 Å². The van der Waals surface area contributed by atoms with E-state index in [0.717, 1.165) is 29.1 Å². The summed E-state index contributed by atoms with van der Waals surface area (Å²) >= 11 is 1.31. The Morgan fingerprint density at radius 1 is 1.04 bits per heavy atom. The van der Waals surface area contributed by atoms with Gasteiger partial charge in [0.1, 0.15) is 5.69 Å². The number of hydrogen-bond acceptors (Lipinski definition) is 5. The van der Waals surface area contributed by atoms with E-state index in [-0.39, 0.29) is 11.7 Å². The van der Waals surface area contributed by atoms with Gasteiger partial charge in [-0.1, -0.05) is 72.4 Å². The molecule has 1 heterocycles. The van der Waals surface area contributed by atoms with Crippen molar-refractivity contribution in [3.63, 3.8) is 0 Å². The van der Waals surface area contributed by atoms with Crippen LogP contribution in [0.2, 0.25) is 0 Å². The number of nitrogens with zero attached hydrogens (tertiary/aromatic N) is 2. The first-order valence-electron chi connectivity index (χ1n) is 8.79. The van der Waals surface area contributed by atoms with Crippen LogP contribution in [0.25, 0.3) is 22.6 Å². The molecule has 0 unspecified atom stereocenters. The van der Waals surface area contributed by atoms with Crippen molar-refractivity contribution in [3.05, 3.63) is 60.7 Å². The standard InChI is InChI=1S/C21H23N3O2S/c1-24(2)14-13-22-18(25)15-27-21-23-19(16-9-5-3-6-10-16)20(26-21)17-11-7-4-8-12-17/h3-12H,13-15H2,1-2H3,(H,22,25). The summed E-state index contributed by atoms with van der Waals surface area (Å²) in [7, 11) is 3.95. The van der Waals surface area contributed by atoms with Crippen LogP contribution >= 0.6 is 11.8 Å². The summed E-state index contributed by atoms with van der Waals surface area (Å²) in [5, 5.41) is 3.39. The van der Waals surface area contributed by atoms with Crippen LogP contribution < -0.4 is 5.32 Å². The van der Waals surface area contributed by atoms with Crippen LogP contribution in [0.1, 0.15) is 0 Å². The van der Waals surface area contributed by atoms with Crippen molar-refractivity contribution in [1.29, 1.82) is 0 Å². The summed E-state index contributed by atoms with van der Waals surface area (Å²) in [6.07, 6.45) is 0. The quantitative estimate of drug-likeness (QED) is 0.602. The van der Waals surface area contributed by atoms with Gasteiger partial charge >= 0.3 is 0 Å². The Hall–Kier alpha value is -2.57. The van der Waals surface area contributed by atoms with E-state index in [0.29, 0.717) is 11.8 Å². The highest BCUT2D eigenvalue weighted by atomic mass is 32.2. The lowest BCUT2D eigenvalue weighted by atomic mass is 10.1. The molecule has 0 aliphatic heterocycles. The van der Waals surface area contributed by atoms with Crippen molar-refractivity contribution in [2.75, 3.05) is 32.9 Å². The Morgan fingerprint density at radius 2 is 1.67 bits per heavy atom. The van der Waals surface area contributed by atoms with Crippen molar-refractivity contribution in [2.45, 2.75) is 5.22 Å². The number of rotatable bonds is 8. The number of carbonyl (C=O) groups excluding carboxylic acids is 1. The SMILES string of the molecule is CN(C)CCNC(=O)CSc1nc(-c2ccccc2)c(-c2ccccc2)o1. The van der Waals surface area contributed by atoms with Gasteiger partial charge in [-0.05, 0) is 14.1 Å². The summed E-state index contributed by atoms with van der Waals surface area (Å²) in [6, 6.07) is 19.8. The predicted octanol–water partition coefficient (Wildman–Crippen LogP) is 3.78. The molecule has 5 nitrogen and oxygen atoms in total. The first-order valence-corrected chi connectivity index (χ1v) is 9.78. The predicted molar refractivity (Wildman–Crippen MR) is 110 cm³/mol. The number of amides is 1. The first kappa shape index (κ1) is 19.2. The summed E-state index contributed by atoms with van der Waals surface area (Å²) in [5.74, 6) is 0.969. The summed E-state index contributed by atoms with van der Waals surface area (Å²) in [6.45, 7) is 1.44. The van der Waals surface area contributed by atoms with Gasteiger partial charge in [-0.15, -0.1) is 0 Å². The zero-order valence-corrected chi connectivity index (χ0v) is 16.3. The number of benzene rings is 2. The maximum Gasteiger partial charge on any atom is 0.257 e. The molecule has 0 spiro atoms. The Morgan fingerprint density at radius 3 is 2.30 bits per heavy atom. The number of hydrogen-bond donors (Lipinski definition) is 1. The minimum Gasteiger partial charge on any atom is -0.431 e. The third-order valence-electron chi connectivity index (χ3n) is 3.90. The number of likely N-dealkylation sites (N-methyl/N-ethyl adjacent to an activating group) is 1. The summed E-state index contributed by atoms with van der Waals surface area (Å²) in [4.78, 5) is 18.7. The lowest BCUT2D eigenvalue weighted by Crippen LogP contribution is -2.32. The Bertz CT molecular complexity index is 807. The van der Waals surface area contributed by atoms with E-state index < -0.39 is 0 Å². The topological polar surface area (TPSA) is 58.4 Å². The zero-order valence-electron chi connectivity index (χ0n) is 15.5. The highest BCUT2D eigenvalue weighted by molar-refractivity contribution is 7.99. The van der Waals surface area contributed by atoms with Crippen LogP contribution in [-0.4, -0.2) is 48.7 Å². The Kier molecular flexibility index (Phi) is 6.68. The van der Waals surface area contributed by atoms with Crippen molar-refractivity contribution in [1.82, 2.24) is 15.2 Å². The lowest BCUT2D eigenvalue weighted by molar-refractivity contribution is -0.118. The molecule has 0 saturated heterocycles. The molecule has 0 radical (unpaired) electrons. The van der Waals surface area contributed by atoms with Crippen LogP contribution in [0.4, 0.5) is 0 Å². The molecular weight excluding hydrogens is 358 g/mol. The molecule has 0 fully saturated rings. The van der Waals surface area contributed by atoms with Crippen molar-refractivity contribution in [2.24, 2.45) is 0 Å². The fourth-order valence-electron chi connectivity index (χ4n) is 2.54. The number of oxazole rings is 1. The maximum atomic E-state index is 12.0. The molecule has 1 N–H and O–H groups in total. The van der Waals surface area contributed by atoms with Gasteiger partial charge in [0.15, 0.2) is 5.76 Å². The van der Waals surface area contributed by atoms with Gasteiger partial charge < -0.3 is 14.6 Å². The van der Waals surface area contributed by atoms with E-state index in [9.17, 15) is 4.79 Å². The van der Waals surface area contributed by atoms with Gasteiger partial charge in [-0.2, -0.15) is 0 Å². The number of thioether (sulfide) groups is 1. The van der Waals surface area contributed by atoms with Gasteiger partial charge in [0.05, 0.1) is 5.75 Å². The number of aromatic nitrogens is 1. The highest BCUT2D eigenvalue weighted by Crippen LogP contribution is 2.35. The Balaban J connectivity index is 1.75. The minimum atomic E-state index is -0.0254. The van der Waals surface area contributed by atoms with Crippen LogP contribution in [0.3, 0.4) is 0 Å². The van der Waals surface area contributed by atoms with Crippen molar-refractivity contribution in [3.8, 4) is 22.6 Å². The molecule has 0 aliphatic rings. The van der Waals surface area contributed by atoms with E-state index in [1.807, 2.05) is 79.7 Å². The number of nitrogens with one attached hydrogen (secondary N) is 1. The first-order chi connectivity index (χ1) is 13.1. The average Bonchev–Trinajstić information content (AvgIpc) is 3.12. The average molecular weight is 382 g/mol. The molecule has 0 bridgehead atoms. The van der Waals surface area contributed by atoms with E-state index in [2.05, 4.69) is 10.3 Å². The molecule has 3 aromatic rings. The largest absolute Gasteiger partial charge is 0.431 e. The second kappa shape index (κ2) is 9.39. The third kappa shape index (κ3) is 5.45. The van der Waals surface area contributed by atoms with Crippen LogP contribution in [0.5, 0.6) is 0 Å². The molecule has 1 aromatic heterocycles. The molecule has 1 amide bonds. The normalized spacial score (nSPS) is 10.9. The third-order valence-corrected chi connectivity index (χ3v) is 4.73. The Labute approximate surface area is 163 Å². The maximum absolute atomic E-state index is 12.0. The lowest BCUT2D eigenvalue weighted by Gasteiger charge is -2.09. The summed E-state index contributed by atoms with van der Waals surface area (Å²) in [5.41, 5.74) is 2.74. The van der Waals surface area contributed by atoms with E-state index in [1.54, 1.807) is 0 Å². The van der Waals surface area contributed by atoms with E-state index in [1.165, 1.54) is 11.8 Å². The minimum absolute atomic E-state index is 0.0254. The zero-order chi connectivity index (χ0) is 19.1. The molecule has 27 heavy (non-hydrogen) atoms. The molecule has 3 rings (SSSR count). The van der Waals surface area contributed by atoms with Crippen LogP contribution in [-0.2, 0) is 4.79 Å². The van der Waals surface area contributed by atoms with E-state index >= 15 is 0 Å². The van der Waals surface area contributed by atoms with Crippen LogP contribution in [0.15, 0.2) is 70.3 Å². The molecule has 0 atom stereocenters. The molecule has 0 saturated carbocycles. The fraction of sp³-hybridized carbons (Fsp3) is 0.238. The van der Waals surface area contributed by atoms with Gasteiger partial charge in [0.25, 0.3) is 5.22 Å². The second-order valence-corrected chi connectivity index (χ2v) is 7.26. The second-order valence-electron chi connectivity index (χ2n) is 6.33. The molecule has 0 aliphatic carbocycles. The molecular formula is C21H23N3O2S. The smallest absolute Gasteiger partial charge is 0.257 e. The molecule has 6 heteroatoms. The fourth-order valence-corrected chi connectivity index (χ4v) is 3.19. The number of carbonyl (C=O) groups is 1. The van der Waals surface area contributed by atoms with Gasteiger partial charge in [0.2, 0.25) is 5.91 Å².